The molecule has 0 fully saturated rings. The number of thiophene rings is 1. The van der Waals surface area contributed by atoms with E-state index in [9.17, 15) is 23.7 Å². The van der Waals surface area contributed by atoms with Gasteiger partial charge in [-0.25, -0.2) is 4.39 Å². The van der Waals surface area contributed by atoms with Crippen molar-refractivity contribution < 1.29 is 18.5 Å². The van der Waals surface area contributed by atoms with Gasteiger partial charge in [0.25, 0.3) is 5.91 Å². The topological polar surface area (TPSA) is 72.2 Å². The highest BCUT2D eigenvalue weighted by molar-refractivity contribution is 7.08. The minimum absolute atomic E-state index is 0.0930. The lowest BCUT2D eigenvalue weighted by molar-refractivity contribution is -0.387. The Balaban J connectivity index is 2.25. The molecule has 1 amide bonds. The van der Waals surface area contributed by atoms with Gasteiger partial charge in [0.05, 0.1) is 4.92 Å². The maximum absolute atomic E-state index is 13.8. The Morgan fingerprint density at radius 3 is 2.67 bits per heavy atom. The van der Waals surface area contributed by atoms with E-state index >= 15 is 0 Å². The quantitative estimate of drug-likeness (QED) is 0.696. The summed E-state index contributed by atoms with van der Waals surface area (Å²) in [5.41, 5.74) is -0.120. The number of hydrogen-bond donors (Lipinski definition) is 1. The molecule has 0 unspecified atom stereocenters. The molecule has 1 aromatic carbocycles. The first-order valence-electron chi connectivity index (χ1n) is 5.84. The van der Waals surface area contributed by atoms with Crippen LogP contribution in [0.2, 0.25) is 0 Å². The molecule has 1 N–H and O–H groups in total. The number of halogens is 2. The summed E-state index contributed by atoms with van der Waals surface area (Å²) >= 11 is 1.44. The number of nitro groups is 1. The van der Waals surface area contributed by atoms with Gasteiger partial charge in [-0.3, -0.25) is 14.9 Å². The molecular formula is C13H10F2N2O3S. The molecule has 2 aromatic rings. The van der Waals surface area contributed by atoms with Crippen LogP contribution in [0.15, 0.2) is 22.9 Å². The van der Waals surface area contributed by atoms with Crippen LogP contribution in [0.1, 0.15) is 21.5 Å². The van der Waals surface area contributed by atoms with Crippen LogP contribution in [-0.4, -0.2) is 10.8 Å². The highest BCUT2D eigenvalue weighted by Crippen LogP contribution is 2.23. The van der Waals surface area contributed by atoms with Gasteiger partial charge in [-0.2, -0.15) is 15.7 Å². The lowest BCUT2D eigenvalue weighted by Crippen LogP contribution is -2.25. The monoisotopic (exact) mass is 312 g/mol. The maximum Gasteiger partial charge on any atom is 0.305 e. The molecule has 0 bridgehead atoms. The van der Waals surface area contributed by atoms with Gasteiger partial charge in [-0.05, 0) is 34.9 Å². The fraction of sp³-hybridized carbons (Fsp3) is 0.154. The maximum atomic E-state index is 13.8. The summed E-state index contributed by atoms with van der Waals surface area (Å²) in [6, 6.07) is 1.39. The predicted octanol–water partition coefficient (Wildman–Crippen LogP) is 3.17. The van der Waals surface area contributed by atoms with Crippen molar-refractivity contribution >= 4 is 22.9 Å². The van der Waals surface area contributed by atoms with Crippen LogP contribution in [-0.2, 0) is 6.54 Å². The van der Waals surface area contributed by atoms with Crippen molar-refractivity contribution in [2.45, 2.75) is 13.5 Å². The molecule has 5 nitrogen and oxygen atoms in total. The Kier molecular flexibility index (Phi) is 4.27. The minimum Gasteiger partial charge on any atom is -0.348 e. The summed E-state index contributed by atoms with van der Waals surface area (Å²) in [5, 5.41) is 16.6. The Labute approximate surface area is 122 Å². The van der Waals surface area contributed by atoms with E-state index in [2.05, 4.69) is 5.32 Å². The second kappa shape index (κ2) is 5.96. The molecule has 8 heteroatoms. The summed E-state index contributed by atoms with van der Waals surface area (Å²) in [5.74, 6) is -3.64. The molecule has 0 saturated heterocycles. The number of aryl methyl sites for hydroxylation is 1. The molecule has 1 heterocycles. The largest absolute Gasteiger partial charge is 0.348 e. The molecule has 21 heavy (non-hydrogen) atoms. The van der Waals surface area contributed by atoms with Crippen LogP contribution in [0.3, 0.4) is 0 Å². The van der Waals surface area contributed by atoms with Gasteiger partial charge in [0, 0.05) is 12.6 Å². The molecule has 2 rings (SSSR count). The highest BCUT2D eigenvalue weighted by Gasteiger charge is 2.26. The average Bonchev–Trinajstić information content (AvgIpc) is 2.81. The third kappa shape index (κ3) is 3.05. The van der Waals surface area contributed by atoms with Crippen LogP contribution >= 0.6 is 11.3 Å². The first kappa shape index (κ1) is 15.0. The molecule has 0 saturated carbocycles. The zero-order valence-electron chi connectivity index (χ0n) is 10.9. The third-order valence-corrected chi connectivity index (χ3v) is 3.81. The van der Waals surface area contributed by atoms with Gasteiger partial charge in [-0.1, -0.05) is 0 Å². The van der Waals surface area contributed by atoms with Crippen molar-refractivity contribution in [3.05, 3.63) is 61.3 Å². The van der Waals surface area contributed by atoms with Crippen molar-refractivity contribution in [2.24, 2.45) is 0 Å². The van der Waals surface area contributed by atoms with Crippen molar-refractivity contribution in [1.82, 2.24) is 5.32 Å². The SMILES string of the molecule is Cc1cscc1CNC(=O)c1c(F)ccc([N+](=O)[O-])c1F. The Bertz CT molecular complexity index is 715. The molecule has 0 aliphatic carbocycles. The van der Waals surface area contributed by atoms with Gasteiger partial charge >= 0.3 is 5.69 Å². The van der Waals surface area contributed by atoms with Gasteiger partial charge < -0.3 is 5.32 Å². The molecule has 0 atom stereocenters. The number of carbonyl (C=O) groups is 1. The molecule has 110 valence electrons. The van der Waals surface area contributed by atoms with E-state index in [0.29, 0.717) is 12.1 Å². The van der Waals surface area contributed by atoms with Gasteiger partial charge in [0.15, 0.2) is 0 Å². The fourth-order valence-corrected chi connectivity index (χ4v) is 2.58. The predicted molar refractivity (Wildman–Crippen MR) is 73.2 cm³/mol. The zero-order valence-corrected chi connectivity index (χ0v) is 11.7. The molecule has 0 aliphatic rings. The highest BCUT2D eigenvalue weighted by atomic mass is 32.1. The summed E-state index contributed by atoms with van der Waals surface area (Å²) in [7, 11) is 0. The van der Waals surface area contributed by atoms with Crippen molar-refractivity contribution in [3.63, 3.8) is 0 Å². The summed E-state index contributed by atoms with van der Waals surface area (Å²) in [6.45, 7) is 1.93. The molecular weight excluding hydrogens is 302 g/mol. The first-order chi connectivity index (χ1) is 9.91. The van der Waals surface area contributed by atoms with E-state index in [1.165, 1.54) is 11.3 Å². The summed E-state index contributed by atoms with van der Waals surface area (Å²) in [6.07, 6.45) is 0. The number of nitro benzene ring substituents is 1. The van der Waals surface area contributed by atoms with Crippen LogP contribution in [0.4, 0.5) is 14.5 Å². The smallest absolute Gasteiger partial charge is 0.305 e. The number of hydrogen-bond acceptors (Lipinski definition) is 4. The van der Waals surface area contributed by atoms with E-state index in [1.807, 2.05) is 12.3 Å². The second-order valence-electron chi connectivity index (χ2n) is 4.28. The Morgan fingerprint density at radius 1 is 1.38 bits per heavy atom. The Morgan fingerprint density at radius 2 is 2.10 bits per heavy atom. The number of carbonyl (C=O) groups excluding carboxylic acids is 1. The van der Waals surface area contributed by atoms with Crippen LogP contribution in [0, 0.1) is 28.7 Å². The van der Waals surface area contributed by atoms with Crippen molar-refractivity contribution in [1.29, 1.82) is 0 Å². The Hall–Kier alpha value is -2.35. The van der Waals surface area contributed by atoms with Crippen LogP contribution in [0.25, 0.3) is 0 Å². The molecule has 0 radical (unpaired) electrons. The van der Waals surface area contributed by atoms with Crippen LogP contribution < -0.4 is 5.32 Å². The normalized spacial score (nSPS) is 10.4. The van der Waals surface area contributed by atoms with E-state index < -0.39 is 33.7 Å². The lowest BCUT2D eigenvalue weighted by atomic mass is 10.1. The van der Waals surface area contributed by atoms with Gasteiger partial charge in [-0.15, -0.1) is 0 Å². The van der Waals surface area contributed by atoms with Gasteiger partial charge in [0.2, 0.25) is 5.82 Å². The summed E-state index contributed by atoms with van der Waals surface area (Å²) < 4.78 is 27.4. The average molecular weight is 312 g/mol. The summed E-state index contributed by atoms with van der Waals surface area (Å²) in [4.78, 5) is 21.5. The van der Waals surface area contributed by atoms with Crippen molar-refractivity contribution in [3.8, 4) is 0 Å². The molecule has 0 spiro atoms. The van der Waals surface area contributed by atoms with E-state index in [-0.39, 0.29) is 6.54 Å². The zero-order chi connectivity index (χ0) is 15.6. The van der Waals surface area contributed by atoms with E-state index in [4.69, 9.17) is 0 Å². The lowest BCUT2D eigenvalue weighted by Gasteiger charge is -2.07. The third-order valence-electron chi connectivity index (χ3n) is 2.90. The minimum atomic E-state index is -1.47. The molecule has 0 aliphatic heterocycles. The fourth-order valence-electron chi connectivity index (χ4n) is 1.72. The van der Waals surface area contributed by atoms with E-state index in [0.717, 1.165) is 11.1 Å². The number of nitrogens with one attached hydrogen (secondary N) is 1. The number of benzene rings is 1. The van der Waals surface area contributed by atoms with Crippen molar-refractivity contribution in [2.75, 3.05) is 0 Å². The number of nitrogens with zero attached hydrogens (tertiary/aromatic N) is 1. The van der Waals surface area contributed by atoms with Gasteiger partial charge in [0.1, 0.15) is 11.4 Å². The number of rotatable bonds is 4. The number of amides is 1. The standard InChI is InChI=1S/C13H10F2N2O3S/c1-7-5-21-6-8(7)4-16-13(18)11-9(14)2-3-10(12(11)15)17(19)20/h2-3,5-6H,4H2,1H3,(H,16,18). The first-order valence-corrected chi connectivity index (χ1v) is 6.78. The second-order valence-corrected chi connectivity index (χ2v) is 5.02. The molecule has 1 aromatic heterocycles. The van der Waals surface area contributed by atoms with Crippen LogP contribution in [0.5, 0.6) is 0 Å². The van der Waals surface area contributed by atoms with E-state index in [1.54, 1.807) is 5.38 Å².